The maximum atomic E-state index is 12.9. The average molecular weight is 526 g/mol. The molecule has 0 radical (unpaired) electrons. The van der Waals surface area contributed by atoms with Crippen molar-refractivity contribution >= 4 is 34.9 Å². The minimum atomic E-state index is -0.576. The molecule has 38 heavy (non-hydrogen) atoms. The van der Waals surface area contributed by atoms with Crippen LogP contribution in [0, 0.1) is 17.2 Å². The molecule has 2 amide bonds. The van der Waals surface area contributed by atoms with Crippen molar-refractivity contribution in [2.75, 3.05) is 25.0 Å². The largest absolute Gasteiger partial charge is 0.445 e. The summed E-state index contributed by atoms with van der Waals surface area (Å²) in [5.41, 5.74) is -0.150. The van der Waals surface area contributed by atoms with E-state index in [1.54, 1.807) is 37.9 Å². The van der Waals surface area contributed by atoms with Crippen molar-refractivity contribution < 1.29 is 23.9 Å². The summed E-state index contributed by atoms with van der Waals surface area (Å²) < 4.78 is 12.3. The minimum absolute atomic E-state index is 0.0100. The molecule has 0 aromatic carbocycles. The Hall–Kier alpha value is -3.88. The Morgan fingerprint density at radius 2 is 2.00 bits per heavy atom. The van der Waals surface area contributed by atoms with Gasteiger partial charge in [0.25, 0.3) is 0 Å². The van der Waals surface area contributed by atoms with Gasteiger partial charge in [-0.3, -0.25) is 4.79 Å². The molecule has 1 saturated heterocycles. The van der Waals surface area contributed by atoms with E-state index in [0.29, 0.717) is 48.7 Å². The van der Waals surface area contributed by atoms with Gasteiger partial charge < -0.3 is 24.6 Å². The van der Waals surface area contributed by atoms with Crippen molar-refractivity contribution in [2.45, 2.75) is 77.2 Å². The van der Waals surface area contributed by atoms with Crippen LogP contribution < -0.4 is 10.2 Å². The zero-order chi connectivity index (χ0) is 27.6. The summed E-state index contributed by atoms with van der Waals surface area (Å²) in [4.78, 5) is 49.8. The summed E-state index contributed by atoms with van der Waals surface area (Å²) in [6.07, 6.45) is 3.38. The number of aromatic nitrogens is 3. The van der Waals surface area contributed by atoms with Gasteiger partial charge in [0.1, 0.15) is 30.3 Å². The number of likely N-dealkylation sites (tertiary alicyclic amines) is 1. The van der Waals surface area contributed by atoms with Crippen molar-refractivity contribution in [2.24, 2.45) is 5.92 Å². The number of rotatable bonds is 5. The van der Waals surface area contributed by atoms with Gasteiger partial charge in [-0.05, 0) is 39.2 Å². The molecule has 1 N–H and O–H groups in total. The molecule has 204 valence electrons. The van der Waals surface area contributed by atoms with Crippen molar-refractivity contribution in [1.29, 1.82) is 5.26 Å². The third-order valence-electron chi connectivity index (χ3n) is 7.07. The molecule has 0 bridgehead atoms. The zero-order valence-electron chi connectivity index (χ0n) is 22.5. The fourth-order valence-electron chi connectivity index (χ4n) is 4.94. The smallest absolute Gasteiger partial charge is 0.419 e. The molecule has 12 nitrogen and oxygen atoms in total. The van der Waals surface area contributed by atoms with Crippen LogP contribution in [0.3, 0.4) is 0 Å². The maximum Gasteiger partial charge on any atom is 0.419 e. The molecule has 2 atom stereocenters. The first-order valence-electron chi connectivity index (χ1n) is 12.9. The molecular formula is C26H35N7O5. The minimum Gasteiger partial charge on any atom is -0.445 e. The normalized spacial score (nSPS) is 23.2. The predicted molar refractivity (Wildman–Crippen MR) is 138 cm³/mol. The fourth-order valence-corrected chi connectivity index (χ4v) is 4.94. The van der Waals surface area contributed by atoms with E-state index in [0.717, 1.165) is 6.42 Å². The van der Waals surface area contributed by atoms with E-state index >= 15 is 0 Å². The topological polar surface area (TPSA) is 143 Å². The number of hydrogen-bond donors (Lipinski definition) is 1. The number of nitriles is 1. The number of nitrogens with zero attached hydrogens (tertiary/aromatic N) is 6. The Bertz CT molecular complexity index is 1240. The van der Waals surface area contributed by atoms with Gasteiger partial charge in [0.2, 0.25) is 5.91 Å². The fraction of sp³-hybridized carbons (Fsp3) is 0.615. The number of ether oxygens (including phenoxy) is 2. The number of amides is 2. The average Bonchev–Trinajstić information content (AvgIpc) is 3.26. The highest BCUT2D eigenvalue weighted by atomic mass is 16.6. The highest BCUT2D eigenvalue weighted by molar-refractivity contribution is 5.93. The summed E-state index contributed by atoms with van der Waals surface area (Å²) in [6.45, 7) is 8.66. The van der Waals surface area contributed by atoms with E-state index in [1.165, 1.54) is 10.9 Å². The number of hydrogen-bond acceptors (Lipinski definition) is 9. The van der Waals surface area contributed by atoms with Gasteiger partial charge in [0.15, 0.2) is 5.65 Å². The zero-order valence-corrected chi connectivity index (χ0v) is 22.5. The van der Waals surface area contributed by atoms with E-state index in [4.69, 9.17) is 14.7 Å². The van der Waals surface area contributed by atoms with Crippen molar-refractivity contribution in [3.8, 4) is 6.07 Å². The monoisotopic (exact) mass is 525 g/mol. The van der Waals surface area contributed by atoms with E-state index in [2.05, 4.69) is 22.2 Å². The first-order chi connectivity index (χ1) is 18.0. The van der Waals surface area contributed by atoms with Crippen molar-refractivity contribution in [1.82, 2.24) is 24.8 Å². The highest BCUT2D eigenvalue weighted by Gasteiger charge is 2.36. The number of anilines is 1. The summed E-state index contributed by atoms with van der Waals surface area (Å²) >= 11 is 0. The standard InChI is InChI=1S/C26H35N7O5/c1-16-7-10-32(21(34)6-9-27)14-20(16)31(5)22-19-8-11-33(23(19)29-15-28-22)25(36)37-18-12-17(13-18)30-24(35)38-26(2,3)4/h8,11,15-18,20H,6-7,10,12-14H2,1-5H3,(H,30,35)/t16-,17?,18?,20+/m1/s1. The van der Waals surface area contributed by atoms with Crippen LogP contribution in [0.25, 0.3) is 11.0 Å². The lowest BCUT2D eigenvalue weighted by Crippen LogP contribution is -2.52. The number of alkyl carbamates (subject to hydrolysis) is 1. The molecule has 1 aliphatic carbocycles. The van der Waals surface area contributed by atoms with Crippen LogP contribution >= 0.6 is 0 Å². The quantitative estimate of drug-likeness (QED) is 0.623. The predicted octanol–water partition coefficient (Wildman–Crippen LogP) is 3.06. The van der Waals surface area contributed by atoms with E-state index in [1.807, 2.05) is 18.0 Å². The number of fused-ring (bicyclic) bond motifs is 1. The Balaban J connectivity index is 1.41. The maximum absolute atomic E-state index is 12.9. The van der Waals surface area contributed by atoms with Gasteiger partial charge in [0, 0.05) is 45.2 Å². The van der Waals surface area contributed by atoms with Crippen LogP contribution in [0.2, 0.25) is 0 Å². The van der Waals surface area contributed by atoms with Gasteiger partial charge in [0.05, 0.1) is 17.5 Å². The van der Waals surface area contributed by atoms with E-state index in [-0.39, 0.29) is 30.5 Å². The Morgan fingerprint density at radius 3 is 2.68 bits per heavy atom. The summed E-state index contributed by atoms with van der Waals surface area (Å²) in [6, 6.07) is 3.60. The number of piperidine rings is 1. The molecule has 12 heteroatoms. The van der Waals surface area contributed by atoms with Crippen LogP contribution in [-0.2, 0) is 14.3 Å². The molecule has 0 spiro atoms. The second-order valence-corrected chi connectivity index (χ2v) is 11.1. The third-order valence-corrected chi connectivity index (χ3v) is 7.07. The second-order valence-electron chi connectivity index (χ2n) is 11.1. The number of nitrogens with one attached hydrogen (secondary N) is 1. The van der Waals surface area contributed by atoms with Crippen LogP contribution in [0.5, 0.6) is 0 Å². The molecular weight excluding hydrogens is 490 g/mol. The number of likely N-dealkylation sites (N-methyl/N-ethyl adjacent to an activating group) is 1. The van der Waals surface area contributed by atoms with Crippen LogP contribution in [0.15, 0.2) is 18.6 Å². The Labute approximate surface area is 221 Å². The lowest BCUT2D eigenvalue weighted by molar-refractivity contribution is -0.131. The summed E-state index contributed by atoms with van der Waals surface area (Å²) in [5, 5.41) is 12.4. The number of carbonyl (C=O) groups excluding carboxylic acids is 3. The number of carbonyl (C=O) groups is 3. The van der Waals surface area contributed by atoms with E-state index in [9.17, 15) is 14.4 Å². The van der Waals surface area contributed by atoms with Crippen molar-refractivity contribution in [3.05, 3.63) is 18.6 Å². The lowest BCUT2D eigenvalue weighted by Gasteiger charge is -2.42. The SMILES string of the molecule is C[C@@H]1CCN(C(=O)CC#N)C[C@@H]1N(C)c1ncnc2c1ccn2C(=O)OC1CC(NC(=O)OC(C)(C)C)C1. The molecule has 2 fully saturated rings. The van der Waals surface area contributed by atoms with Gasteiger partial charge in [-0.25, -0.2) is 24.1 Å². The molecule has 2 aliphatic rings. The van der Waals surface area contributed by atoms with Gasteiger partial charge in [-0.15, -0.1) is 0 Å². The molecule has 1 saturated carbocycles. The van der Waals surface area contributed by atoms with Gasteiger partial charge >= 0.3 is 12.2 Å². The van der Waals surface area contributed by atoms with E-state index < -0.39 is 17.8 Å². The Morgan fingerprint density at radius 1 is 1.26 bits per heavy atom. The lowest BCUT2D eigenvalue weighted by atomic mass is 9.89. The molecule has 2 aromatic heterocycles. The molecule has 2 aromatic rings. The van der Waals surface area contributed by atoms with Crippen LogP contribution in [-0.4, -0.2) is 81.5 Å². The summed E-state index contributed by atoms with van der Waals surface area (Å²) in [7, 11) is 1.92. The molecule has 3 heterocycles. The van der Waals surface area contributed by atoms with Crippen molar-refractivity contribution in [3.63, 3.8) is 0 Å². The third kappa shape index (κ3) is 5.98. The second kappa shape index (κ2) is 10.8. The van der Waals surface area contributed by atoms with Gasteiger partial charge in [-0.2, -0.15) is 5.26 Å². The van der Waals surface area contributed by atoms with Crippen LogP contribution in [0.4, 0.5) is 15.4 Å². The molecule has 4 rings (SSSR count). The molecule has 0 unspecified atom stereocenters. The summed E-state index contributed by atoms with van der Waals surface area (Å²) in [5.74, 6) is 0.779. The first kappa shape index (κ1) is 27.2. The van der Waals surface area contributed by atoms with Crippen LogP contribution in [0.1, 0.15) is 53.4 Å². The van der Waals surface area contributed by atoms with Gasteiger partial charge in [-0.1, -0.05) is 6.92 Å². The highest BCUT2D eigenvalue weighted by Crippen LogP contribution is 2.30. The molecule has 1 aliphatic heterocycles. The first-order valence-corrected chi connectivity index (χ1v) is 12.9. The Kier molecular flexibility index (Phi) is 7.76.